The molecule has 0 radical (unpaired) electrons. The standard InChI is InChI=1S/C16H17F3N2/c1-2-3-11-4-6-12(7-5-11)21-13-8-9-15(20)14(10-13)16(17,18)19/h4-10,21H,2-3,20H2,1H3. The van der Waals surface area contributed by atoms with Crippen LogP contribution in [0.25, 0.3) is 0 Å². The zero-order valence-electron chi connectivity index (χ0n) is 11.7. The van der Waals surface area contributed by atoms with Gasteiger partial charge in [-0.1, -0.05) is 25.5 Å². The molecule has 0 fully saturated rings. The Morgan fingerprint density at radius 3 is 2.19 bits per heavy atom. The number of halogens is 3. The van der Waals surface area contributed by atoms with Crippen LogP contribution in [0, 0.1) is 0 Å². The maximum Gasteiger partial charge on any atom is 0.418 e. The van der Waals surface area contributed by atoms with Crippen molar-refractivity contribution in [2.75, 3.05) is 11.1 Å². The van der Waals surface area contributed by atoms with Gasteiger partial charge in [-0.25, -0.2) is 0 Å². The van der Waals surface area contributed by atoms with E-state index in [-0.39, 0.29) is 5.69 Å². The van der Waals surface area contributed by atoms with Gasteiger partial charge in [0.1, 0.15) is 0 Å². The SMILES string of the molecule is CCCc1ccc(Nc2ccc(N)c(C(F)(F)F)c2)cc1. The van der Waals surface area contributed by atoms with Gasteiger partial charge in [-0.05, 0) is 42.3 Å². The van der Waals surface area contributed by atoms with Gasteiger partial charge in [0, 0.05) is 17.1 Å². The summed E-state index contributed by atoms with van der Waals surface area (Å²) < 4.78 is 38.4. The highest BCUT2D eigenvalue weighted by atomic mass is 19.4. The molecule has 0 bridgehead atoms. The van der Waals surface area contributed by atoms with Crippen LogP contribution in [0.4, 0.5) is 30.2 Å². The van der Waals surface area contributed by atoms with Gasteiger partial charge >= 0.3 is 6.18 Å². The fourth-order valence-electron chi connectivity index (χ4n) is 2.09. The molecule has 0 unspecified atom stereocenters. The predicted octanol–water partition coefficient (Wildman–Crippen LogP) is 4.98. The van der Waals surface area contributed by atoms with Gasteiger partial charge in [0.2, 0.25) is 0 Å². The number of nitrogens with two attached hydrogens (primary N) is 1. The fourth-order valence-corrected chi connectivity index (χ4v) is 2.09. The van der Waals surface area contributed by atoms with Crippen molar-refractivity contribution >= 4 is 17.1 Å². The average molecular weight is 294 g/mol. The van der Waals surface area contributed by atoms with Crippen molar-refractivity contribution in [1.29, 1.82) is 0 Å². The third kappa shape index (κ3) is 3.90. The van der Waals surface area contributed by atoms with Gasteiger partial charge in [0.25, 0.3) is 0 Å². The summed E-state index contributed by atoms with van der Waals surface area (Å²) in [6.45, 7) is 2.10. The summed E-state index contributed by atoms with van der Waals surface area (Å²) in [5, 5.41) is 2.96. The molecule has 0 atom stereocenters. The first kappa shape index (κ1) is 15.2. The van der Waals surface area contributed by atoms with Gasteiger partial charge < -0.3 is 11.1 Å². The maximum atomic E-state index is 12.8. The zero-order valence-corrected chi connectivity index (χ0v) is 11.7. The van der Waals surface area contributed by atoms with Crippen LogP contribution >= 0.6 is 0 Å². The van der Waals surface area contributed by atoms with Crippen molar-refractivity contribution in [1.82, 2.24) is 0 Å². The quantitative estimate of drug-likeness (QED) is 0.780. The third-order valence-electron chi connectivity index (χ3n) is 3.14. The Bertz CT molecular complexity index is 604. The van der Waals surface area contributed by atoms with Crippen molar-refractivity contribution in [3.63, 3.8) is 0 Å². The molecule has 2 nitrogen and oxygen atoms in total. The monoisotopic (exact) mass is 294 g/mol. The van der Waals surface area contributed by atoms with Gasteiger partial charge in [-0.3, -0.25) is 0 Å². The predicted molar refractivity (Wildman–Crippen MR) is 79.6 cm³/mol. The van der Waals surface area contributed by atoms with Crippen molar-refractivity contribution in [2.45, 2.75) is 25.9 Å². The molecule has 0 aromatic heterocycles. The Morgan fingerprint density at radius 1 is 1.00 bits per heavy atom. The molecule has 2 aromatic carbocycles. The summed E-state index contributed by atoms with van der Waals surface area (Å²) in [7, 11) is 0. The largest absolute Gasteiger partial charge is 0.418 e. The molecule has 0 aliphatic rings. The Morgan fingerprint density at radius 2 is 1.62 bits per heavy atom. The maximum absolute atomic E-state index is 12.8. The summed E-state index contributed by atoms with van der Waals surface area (Å²) in [5.74, 6) is 0. The first-order chi connectivity index (χ1) is 9.90. The highest BCUT2D eigenvalue weighted by Gasteiger charge is 2.33. The molecule has 0 spiro atoms. The molecule has 21 heavy (non-hydrogen) atoms. The number of anilines is 3. The van der Waals surface area contributed by atoms with Crippen molar-refractivity contribution in [3.05, 3.63) is 53.6 Å². The molecule has 0 heterocycles. The number of hydrogen-bond donors (Lipinski definition) is 2. The minimum absolute atomic E-state index is 0.272. The van der Waals surface area contributed by atoms with Gasteiger partial charge in [0.15, 0.2) is 0 Å². The van der Waals surface area contributed by atoms with E-state index in [4.69, 9.17) is 5.73 Å². The second-order valence-corrected chi connectivity index (χ2v) is 4.87. The van der Waals surface area contributed by atoms with E-state index >= 15 is 0 Å². The number of hydrogen-bond acceptors (Lipinski definition) is 2. The number of alkyl halides is 3. The van der Waals surface area contributed by atoms with Gasteiger partial charge in [-0.2, -0.15) is 13.2 Å². The molecular formula is C16H17F3N2. The van der Waals surface area contributed by atoms with Crippen molar-refractivity contribution in [3.8, 4) is 0 Å². The van der Waals surface area contributed by atoms with E-state index in [1.807, 2.05) is 24.3 Å². The normalized spacial score (nSPS) is 11.4. The van der Waals surface area contributed by atoms with Crippen molar-refractivity contribution < 1.29 is 13.2 Å². The van der Waals surface area contributed by atoms with Crippen molar-refractivity contribution in [2.24, 2.45) is 0 Å². The lowest BCUT2D eigenvalue weighted by atomic mass is 10.1. The molecule has 5 heteroatoms. The zero-order chi connectivity index (χ0) is 15.5. The van der Waals surface area contributed by atoms with E-state index < -0.39 is 11.7 Å². The number of nitrogen functional groups attached to an aromatic ring is 1. The molecule has 2 aromatic rings. The van der Waals surface area contributed by atoms with E-state index in [0.717, 1.165) is 24.6 Å². The molecule has 0 saturated heterocycles. The van der Waals surface area contributed by atoms with E-state index in [1.54, 1.807) is 0 Å². The minimum Gasteiger partial charge on any atom is -0.398 e. The molecule has 0 saturated carbocycles. The molecule has 112 valence electrons. The van der Waals surface area contributed by atoms with Crippen LogP contribution in [0.1, 0.15) is 24.5 Å². The average Bonchev–Trinajstić information content (AvgIpc) is 2.42. The fraction of sp³-hybridized carbons (Fsp3) is 0.250. The second kappa shape index (κ2) is 6.08. The Kier molecular flexibility index (Phi) is 4.40. The minimum atomic E-state index is -4.45. The van der Waals surface area contributed by atoms with Crippen LogP contribution in [0.2, 0.25) is 0 Å². The number of benzene rings is 2. The van der Waals surface area contributed by atoms with Crippen LogP contribution in [0.15, 0.2) is 42.5 Å². The van der Waals surface area contributed by atoms with Crippen LogP contribution in [0.5, 0.6) is 0 Å². The highest BCUT2D eigenvalue weighted by molar-refractivity contribution is 5.65. The first-order valence-electron chi connectivity index (χ1n) is 6.73. The summed E-state index contributed by atoms with van der Waals surface area (Å²) in [6, 6.07) is 11.5. The summed E-state index contributed by atoms with van der Waals surface area (Å²) in [4.78, 5) is 0. The molecular weight excluding hydrogens is 277 g/mol. The highest BCUT2D eigenvalue weighted by Crippen LogP contribution is 2.35. The van der Waals surface area contributed by atoms with Gasteiger partial charge in [0.05, 0.1) is 5.56 Å². The molecule has 0 aliphatic heterocycles. The first-order valence-corrected chi connectivity index (χ1v) is 6.73. The smallest absolute Gasteiger partial charge is 0.398 e. The van der Waals surface area contributed by atoms with Crippen LogP contribution in [-0.2, 0) is 12.6 Å². The summed E-state index contributed by atoms with van der Waals surface area (Å²) in [6.07, 6.45) is -2.41. The van der Waals surface area contributed by atoms with Crippen LogP contribution in [0.3, 0.4) is 0 Å². The lowest BCUT2D eigenvalue weighted by Gasteiger charge is -2.13. The molecule has 0 aliphatic carbocycles. The lowest BCUT2D eigenvalue weighted by Crippen LogP contribution is -2.09. The van der Waals surface area contributed by atoms with E-state index in [2.05, 4.69) is 12.2 Å². The Balaban J connectivity index is 2.20. The van der Waals surface area contributed by atoms with Crippen LogP contribution in [-0.4, -0.2) is 0 Å². The Labute approximate surface area is 121 Å². The topological polar surface area (TPSA) is 38.0 Å². The Hall–Kier alpha value is -2.17. The van der Waals surface area contributed by atoms with E-state index in [1.165, 1.54) is 17.7 Å². The summed E-state index contributed by atoms with van der Waals surface area (Å²) in [5.41, 5.74) is 6.59. The molecule has 0 amide bonds. The number of aryl methyl sites for hydroxylation is 1. The lowest BCUT2D eigenvalue weighted by molar-refractivity contribution is -0.136. The van der Waals surface area contributed by atoms with E-state index in [0.29, 0.717) is 5.69 Å². The second-order valence-electron chi connectivity index (χ2n) is 4.87. The summed E-state index contributed by atoms with van der Waals surface area (Å²) >= 11 is 0. The molecule has 3 N–H and O–H groups in total. The number of nitrogens with one attached hydrogen (secondary N) is 1. The number of rotatable bonds is 4. The van der Waals surface area contributed by atoms with Crippen LogP contribution < -0.4 is 11.1 Å². The van der Waals surface area contributed by atoms with E-state index in [9.17, 15) is 13.2 Å². The van der Waals surface area contributed by atoms with Gasteiger partial charge in [-0.15, -0.1) is 0 Å². The third-order valence-corrected chi connectivity index (χ3v) is 3.14. The molecule has 2 rings (SSSR count).